The van der Waals surface area contributed by atoms with Crippen LogP contribution in [-0.2, 0) is 6.54 Å². The lowest BCUT2D eigenvalue weighted by Gasteiger charge is -2.13. The topological polar surface area (TPSA) is 43.4 Å². The van der Waals surface area contributed by atoms with Crippen LogP contribution in [-0.4, -0.2) is 18.7 Å². The van der Waals surface area contributed by atoms with E-state index in [9.17, 15) is 0 Å². The van der Waals surface area contributed by atoms with Gasteiger partial charge in [-0.2, -0.15) is 0 Å². The Morgan fingerprint density at radius 1 is 1.30 bits per heavy atom. The van der Waals surface area contributed by atoms with Crippen LogP contribution >= 0.6 is 0 Å². The molecule has 2 heterocycles. The fourth-order valence-corrected chi connectivity index (χ4v) is 2.58. The van der Waals surface area contributed by atoms with E-state index in [1.807, 2.05) is 18.2 Å². The van der Waals surface area contributed by atoms with Crippen molar-refractivity contribution >= 4 is 5.69 Å². The first kappa shape index (κ1) is 12.8. The Morgan fingerprint density at radius 3 is 2.85 bits per heavy atom. The van der Waals surface area contributed by atoms with Gasteiger partial charge in [-0.25, -0.2) is 0 Å². The highest BCUT2D eigenvalue weighted by atomic mass is 16.5. The van der Waals surface area contributed by atoms with Crippen LogP contribution in [0.3, 0.4) is 0 Å². The lowest BCUT2D eigenvalue weighted by molar-refractivity contribution is 0.314. The molecule has 20 heavy (non-hydrogen) atoms. The number of ether oxygens (including phenoxy) is 2. The van der Waals surface area contributed by atoms with Crippen LogP contribution in [0.15, 0.2) is 36.7 Å². The molecular formula is C16H18N2O2. The Bertz CT molecular complexity index is 599. The van der Waals surface area contributed by atoms with E-state index in [1.165, 1.54) is 11.1 Å². The smallest absolute Gasteiger partial charge is 0.165 e. The number of hydrogen-bond acceptors (Lipinski definition) is 4. The number of nitrogens with zero attached hydrogens (tertiary/aromatic N) is 1. The molecule has 1 unspecified atom stereocenters. The first-order valence-corrected chi connectivity index (χ1v) is 6.76. The Kier molecular flexibility index (Phi) is 3.46. The number of nitrogens with one attached hydrogen (secondary N) is 1. The molecule has 1 aliphatic heterocycles. The summed E-state index contributed by atoms with van der Waals surface area (Å²) in [5.41, 5.74) is 3.57. The van der Waals surface area contributed by atoms with Gasteiger partial charge in [-0.3, -0.25) is 4.98 Å². The second-order valence-corrected chi connectivity index (χ2v) is 4.97. The summed E-state index contributed by atoms with van der Waals surface area (Å²) < 4.78 is 11.1. The van der Waals surface area contributed by atoms with Gasteiger partial charge >= 0.3 is 0 Å². The zero-order chi connectivity index (χ0) is 13.9. The molecule has 0 saturated heterocycles. The number of hydrogen-bond donors (Lipinski definition) is 1. The van der Waals surface area contributed by atoms with Crippen LogP contribution in [0, 0.1) is 0 Å². The molecule has 1 atom stereocenters. The maximum Gasteiger partial charge on any atom is 0.165 e. The molecule has 0 fully saturated rings. The van der Waals surface area contributed by atoms with Crippen LogP contribution in [0.1, 0.15) is 24.0 Å². The van der Waals surface area contributed by atoms with Gasteiger partial charge in [0.2, 0.25) is 0 Å². The predicted molar refractivity (Wildman–Crippen MR) is 78.5 cm³/mol. The molecule has 4 heteroatoms. The molecule has 0 amide bonds. The van der Waals surface area contributed by atoms with Gasteiger partial charge in [0.25, 0.3) is 0 Å². The summed E-state index contributed by atoms with van der Waals surface area (Å²) in [6, 6.07) is 8.00. The van der Waals surface area contributed by atoms with Crippen molar-refractivity contribution in [3.05, 3.63) is 47.8 Å². The number of anilines is 1. The van der Waals surface area contributed by atoms with E-state index in [0.717, 1.165) is 30.3 Å². The minimum Gasteiger partial charge on any atom is -0.493 e. The molecule has 0 radical (unpaired) electrons. The van der Waals surface area contributed by atoms with Crippen molar-refractivity contribution in [3.8, 4) is 11.5 Å². The Hall–Kier alpha value is -2.23. The van der Waals surface area contributed by atoms with E-state index in [-0.39, 0.29) is 0 Å². The normalized spacial score (nSPS) is 16.4. The van der Waals surface area contributed by atoms with Crippen molar-refractivity contribution < 1.29 is 9.47 Å². The molecule has 0 aliphatic carbocycles. The summed E-state index contributed by atoms with van der Waals surface area (Å²) >= 11 is 0. The zero-order valence-electron chi connectivity index (χ0n) is 11.7. The van der Waals surface area contributed by atoms with Gasteiger partial charge < -0.3 is 14.8 Å². The third-order valence-electron chi connectivity index (χ3n) is 3.60. The zero-order valence-corrected chi connectivity index (χ0v) is 11.7. The maximum atomic E-state index is 5.76. The van der Waals surface area contributed by atoms with Crippen molar-refractivity contribution in [2.45, 2.75) is 19.4 Å². The van der Waals surface area contributed by atoms with Crippen LogP contribution in [0.5, 0.6) is 11.5 Å². The lowest BCUT2D eigenvalue weighted by Crippen LogP contribution is -2.04. The second kappa shape index (κ2) is 5.41. The van der Waals surface area contributed by atoms with Crippen molar-refractivity contribution in [1.82, 2.24) is 4.98 Å². The van der Waals surface area contributed by atoms with Crippen molar-refractivity contribution in [2.24, 2.45) is 0 Å². The standard InChI is InChI=1S/C16H18N2O2/c1-11-10-20-16-14(19-2)4-3-12(15(11)16)9-18-13-5-7-17-8-6-13/h3-8,11H,9-10H2,1-2H3,(H,17,18). The quantitative estimate of drug-likeness (QED) is 0.926. The molecule has 2 aromatic rings. The highest BCUT2D eigenvalue weighted by molar-refractivity contribution is 5.55. The second-order valence-electron chi connectivity index (χ2n) is 4.97. The number of fused-ring (bicyclic) bond motifs is 1. The van der Waals surface area contributed by atoms with Crippen molar-refractivity contribution in [1.29, 1.82) is 0 Å². The number of pyridine rings is 1. The van der Waals surface area contributed by atoms with E-state index in [2.05, 4.69) is 23.3 Å². The summed E-state index contributed by atoms with van der Waals surface area (Å²) in [7, 11) is 1.68. The average Bonchev–Trinajstić information content (AvgIpc) is 2.89. The Labute approximate surface area is 118 Å². The number of benzene rings is 1. The lowest BCUT2D eigenvalue weighted by atomic mass is 9.96. The molecule has 0 saturated carbocycles. The third kappa shape index (κ3) is 2.29. The van der Waals surface area contributed by atoms with Gasteiger partial charge in [-0.1, -0.05) is 13.0 Å². The van der Waals surface area contributed by atoms with E-state index in [0.29, 0.717) is 5.92 Å². The maximum absolute atomic E-state index is 5.76. The fourth-order valence-electron chi connectivity index (χ4n) is 2.58. The van der Waals surface area contributed by atoms with E-state index in [4.69, 9.17) is 9.47 Å². The highest BCUT2D eigenvalue weighted by Crippen LogP contribution is 2.43. The van der Waals surface area contributed by atoms with Gasteiger partial charge in [0.15, 0.2) is 11.5 Å². The molecule has 1 aromatic carbocycles. The third-order valence-corrected chi connectivity index (χ3v) is 3.60. The minimum atomic E-state index is 0.398. The first-order valence-electron chi connectivity index (χ1n) is 6.76. The monoisotopic (exact) mass is 270 g/mol. The van der Waals surface area contributed by atoms with Gasteiger partial charge in [0.1, 0.15) is 0 Å². The Balaban J connectivity index is 1.86. The van der Waals surface area contributed by atoms with Crippen LogP contribution in [0.4, 0.5) is 5.69 Å². The van der Waals surface area contributed by atoms with Gasteiger partial charge in [0.05, 0.1) is 13.7 Å². The molecule has 0 bridgehead atoms. The van der Waals surface area contributed by atoms with E-state index in [1.54, 1.807) is 19.5 Å². The molecule has 1 aliphatic rings. The van der Waals surface area contributed by atoms with E-state index >= 15 is 0 Å². The molecule has 0 spiro atoms. The summed E-state index contributed by atoms with van der Waals surface area (Å²) in [6.07, 6.45) is 3.57. The summed E-state index contributed by atoms with van der Waals surface area (Å²) in [5.74, 6) is 2.11. The number of rotatable bonds is 4. The highest BCUT2D eigenvalue weighted by Gasteiger charge is 2.26. The molecule has 4 nitrogen and oxygen atoms in total. The summed E-state index contributed by atoms with van der Waals surface area (Å²) in [5, 5.41) is 3.41. The first-order chi connectivity index (χ1) is 9.79. The SMILES string of the molecule is COc1ccc(CNc2ccncc2)c2c1OCC2C. The summed E-state index contributed by atoms with van der Waals surface area (Å²) in [6.45, 7) is 3.67. The number of methoxy groups -OCH3 is 1. The van der Waals surface area contributed by atoms with Gasteiger partial charge in [0, 0.05) is 36.1 Å². The minimum absolute atomic E-state index is 0.398. The van der Waals surface area contributed by atoms with Crippen molar-refractivity contribution in [2.75, 3.05) is 19.0 Å². The summed E-state index contributed by atoms with van der Waals surface area (Å²) in [4.78, 5) is 4.02. The van der Waals surface area contributed by atoms with Crippen LogP contribution in [0.25, 0.3) is 0 Å². The van der Waals surface area contributed by atoms with Gasteiger partial charge in [-0.05, 0) is 23.8 Å². The molecule has 104 valence electrons. The van der Waals surface area contributed by atoms with Crippen molar-refractivity contribution in [3.63, 3.8) is 0 Å². The molecule has 1 N–H and O–H groups in total. The number of aromatic nitrogens is 1. The molecule has 1 aromatic heterocycles. The molecular weight excluding hydrogens is 252 g/mol. The largest absolute Gasteiger partial charge is 0.493 e. The predicted octanol–water partition coefficient (Wildman–Crippen LogP) is 3.20. The van der Waals surface area contributed by atoms with Crippen LogP contribution < -0.4 is 14.8 Å². The average molecular weight is 270 g/mol. The fraction of sp³-hybridized carbons (Fsp3) is 0.312. The van der Waals surface area contributed by atoms with E-state index < -0.39 is 0 Å². The van der Waals surface area contributed by atoms with Gasteiger partial charge in [-0.15, -0.1) is 0 Å². The van der Waals surface area contributed by atoms with Crippen LogP contribution in [0.2, 0.25) is 0 Å². The Morgan fingerprint density at radius 2 is 2.10 bits per heavy atom. The molecule has 3 rings (SSSR count).